The molecule has 0 saturated carbocycles. The van der Waals surface area contributed by atoms with Gasteiger partial charge in [-0.2, -0.15) is 4.98 Å². The summed E-state index contributed by atoms with van der Waals surface area (Å²) in [5, 5.41) is 5.78. The van der Waals surface area contributed by atoms with Crippen molar-refractivity contribution in [1.29, 1.82) is 0 Å². The third kappa shape index (κ3) is 3.37. The summed E-state index contributed by atoms with van der Waals surface area (Å²) in [5.41, 5.74) is 7.64. The van der Waals surface area contributed by atoms with Gasteiger partial charge in [0.25, 0.3) is 6.01 Å². The Morgan fingerprint density at radius 3 is 3.00 bits per heavy atom. The molecule has 19 heavy (non-hydrogen) atoms. The van der Waals surface area contributed by atoms with Gasteiger partial charge in [-0.25, -0.2) is 0 Å². The Morgan fingerprint density at radius 1 is 1.42 bits per heavy atom. The molecular formula is C13H18N4O2. The van der Waals surface area contributed by atoms with Gasteiger partial charge in [0.15, 0.2) is 5.58 Å². The smallest absolute Gasteiger partial charge is 0.295 e. The van der Waals surface area contributed by atoms with Crippen molar-refractivity contribution < 1.29 is 9.21 Å². The summed E-state index contributed by atoms with van der Waals surface area (Å²) in [6, 6.07) is 5.77. The van der Waals surface area contributed by atoms with Crippen molar-refractivity contribution in [3.63, 3.8) is 0 Å². The summed E-state index contributed by atoms with van der Waals surface area (Å²) in [5.74, 6) is 0.0185. The van der Waals surface area contributed by atoms with Crippen LogP contribution in [0.4, 0.5) is 11.7 Å². The molecular weight excluding hydrogens is 244 g/mol. The normalized spacial score (nSPS) is 10.6. The fraction of sp³-hybridized carbons (Fsp3) is 0.385. The maximum Gasteiger partial charge on any atom is 0.295 e. The number of rotatable bonds is 6. The predicted octanol–water partition coefficient (Wildman–Crippen LogP) is 1.74. The fourth-order valence-electron chi connectivity index (χ4n) is 1.68. The van der Waals surface area contributed by atoms with Gasteiger partial charge in [0.2, 0.25) is 5.91 Å². The van der Waals surface area contributed by atoms with Gasteiger partial charge in [-0.3, -0.25) is 4.79 Å². The third-order valence-corrected chi connectivity index (χ3v) is 2.65. The van der Waals surface area contributed by atoms with Crippen molar-refractivity contribution in [1.82, 2.24) is 10.3 Å². The maximum atomic E-state index is 11.4. The van der Waals surface area contributed by atoms with Crippen molar-refractivity contribution >= 4 is 28.7 Å². The quantitative estimate of drug-likeness (QED) is 0.689. The molecule has 0 radical (unpaired) electrons. The van der Waals surface area contributed by atoms with E-state index in [0.717, 1.165) is 6.42 Å². The van der Waals surface area contributed by atoms with Crippen LogP contribution >= 0.6 is 0 Å². The zero-order valence-corrected chi connectivity index (χ0v) is 10.9. The van der Waals surface area contributed by atoms with Crippen LogP contribution in [0.1, 0.15) is 19.8 Å². The zero-order chi connectivity index (χ0) is 13.7. The number of nitrogens with two attached hydrogens (primary N) is 1. The molecule has 102 valence electrons. The molecule has 2 rings (SSSR count). The Hall–Kier alpha value is -2.24. The molecule has 0 aliphatic carbocycles. The second kappa shape index (κ2) is 6.08. The van der Waals surface area contributed by atoms with E-state index in [9.17, 15) is 4.79 Å². The number of nitrogens with zero attached hydrogens (tertiary/aromatic N) is 1. The summed E-state index contributed by atoms with van der Waals surface area (Å²) in [7, 11) is 0. The van der Waals surface area contributed by atoms with Gasteiger partial charge in [-0.1, -0.05) is 13.0 Å². The minimum absolute atomic E-state index is 0.0185. The van der Waals surface area contributed by atoms with E-state index >= 15 is 0 Å². The molecule has 6 heteroatoms. The lowest BCUT2D eigenvalue weighted by Crippen LogP contribution is -2.25. The number of benzene rings is 1. The van der Waals surface area contributed by atoms with Crippen LogP contribution in [0.5, 0.6) is 0 Å². The number of anilines is 2. The zero-order valence-electron chi connectivity index (χ0n) is 10.9. The molecule has 0 atom stereocenters. The summed E-state index contributed by atoms with van der Waals surface area (Å²) < 4.78 is 5.48. The molecule has 0 aliphatic rings. The van der Waals surface area contributed by atoms with E-state index in [0.29, 0.717) is 42.3 Å². The van der Waals surface area contributed by atoms with Gasteiger partial charge < -0.3 is 20.8 Å². The summed E-state index contributed by atoms with van der Waals surface area (Å²) in [6.45, 7) is 3.20. The number of nitrogens with one attached hydrogen (secondary N) is 2. The highest BCUT2D eigenvalue weighted by atomic mass is 16.4. The molecule has 1 amide bonds. The van der Waals surface area contributed by atoms with Crippen molar-refractivity contribution in [2.24, 2.45) is 0 Å². The van der Waals surface area contributed by atoms with E-state index in [1.54, 1.807) is 12.1 Å². The van der Waals surface area contributed by atoms with E-state index in [-0.39, 0.29) is 5.91 Å². The summed E-state index contributed by atoms with van der Waals surface area (Å²) in [6.07, 6.45) is 1.32. The van der Waals surface area contributed by atoms with Crippen LogP contribution in [-0.2, 0) is 4.79 Å². The maximum absolute atomic E-state index is 11.4. The minimum Gasteiger partial charge on any atom is -0.423 e. The highest BCUT2D eigenvalue weighted by Crippen LogP contribution is 2.23. The molecule has 0 aliphatic heterocycles. The van der Waals surface area contributed by atoms with Crippen LogP contribution in [0.2, 0.25) is 0 Å². The first kappa shape index (κ1) is 13.2. The molecule has 6 nitrogen and oxygen atoms in total. The number of aromatic nitrogens is 1. The number of amides is 1. The lowest BCUT2D eigenvalue weighted by molar-refractivity contribution is -0.120. The SMILES string of the molecule is CCCNC(=O)CCNc1nc2c(N)cccc2o1. The number of oxazole rings is 1. The average molecular weight is 262 g/mol. The molecule has 1 aromatic heterocycles. The fourth-order valence-corrected chi connectivity index (χ4v) is 1.68. The monoisotopic (exact) mass is 262 g/mol. The lowest BCUT2D eigenvalue weighted by Gasteiger charge is -2.03. The van der Waals surface area contributed by atoms with Crippen molar-refractivity contribution in [3.8, 4) is 0 Å². The van der Waals surface area contributed by atoms with Gasteiger partial charge in [0.1, 0.15) is 5.52 Å². The largest absolute Gasteiger partial charge is 0.423 e. The first-order valence-electron chi connectivity index (χ1n) is 6.36. The van der Waals surface area contributed by atoms with Crippen LogP contribution in [0.25, 0.3) is 11.1 Å². The van der Waals surface area contributed by atoms with Crippen LogP contribution in [0.3, 0.4) is 0 Å². The number of nitrogen functional groups attached to an aromatic ring is 1. The average Bonchev–Trinajstić information content (AvgIpc) is 2.81. The molecule has 0 spiro atoms. The van der Waals surface area contributed by atoms with Gasteiger partial charge in [-0.15, -0.1) is 0 Å². The standard InChI is InChI=1S/C13H18N4O2/c1-2-7-15-11(18)6-8-16-13-17-12-9(14)4-3-5-10(12)19-13/h3-5H,2,6-8,14H2,1H3,(H,15,18)(H,16,17). The molecule has 0 bridgehead atoms. The van der Waals surface area contributed by atoms with Crippen molar-refractivity contribution in [3.05, 3.63) is 18.2 Å². The Balaban J connectivity index is 1.88. The molecule has 0 fully saturated rings. The predicted molar refractivity (Wildman–Crippen MR) is 74.8 cm³/mol. The topological polar surface area (TPSA) is 93.2 Å². The molecule has 0 unspecified atom stereocenters. The van der Waals surface area contributed by atoms with Gasteiger partial charge in [0.05, 0.1) is 5.69 Å². The van der Waals surface area contributed by atoms with Gasteiger partial charge >= 0.3 is 0 Å². The van der Waals surface area contributed by atoms with E-state index in [2.05, 4.69) is 15.6 Å². The van der Waals surface area contributed by atoms with E-state index in [4.69, 9.17) is 10.2 Å². The number of hydrogen-bond donors (Lipinski definition) is 3. The van der Waals surface area contributed by atoms with Crippen molar-refractivity contribution in [2.75, 3.05) is 24.1 Å². The number of fused-ring (bicyclic) bond motifs is 1. The Bertz CT molecular complexity index is 565. The van der Waals surface area contributed by atoms with Crippen LogP contribution in [0.15, 0.2) is 22.6 Å². The number of para-hydroxylation sites is 1. The second-order valence-corrected chi connectivity index (χ2v) is 4.24. The van der Waals surface area contributed by atoms with E-state index in [1.165, 1.54) is 0 Å². The molecule has 2 aromatic rings. The Labute approximate surface area is 111 Å². The van der Waals surface area contributed by atoms with Crippen LogP contribution in [0, 0.1) is 0 Å². The lowest BCUT2D eigenvalue weighted by atomic mass is 10.3. The van der Waals surface area contributed by atoms with Gasteiger partial charge in [0, 0.05) is 19.5 Å². The van der Waals surface area contributed by atoms with Crippen molar-refractivity contribution in [2.45, 2.75) is 19.8 Å². The summed E-state index contributed by atoms with van der Waals surface area (Å²) in [4.78, 5) is 15.6. The van der Waals surface area contributed by atoms with Crippen LogP contribution < -0.4 is 16.4 Å². The Kier molecular flexibility index (Phi) is 4.22. The number of carbonyl (C=O) groups is 1. The third-order valence-electron chi connectivity index (χ3n) is 2.65. The first-order valence-corrected chi connectivity index (χ1v) is 6.36. The molecule has 1 aromatic carbocycles. The summed E-state index contributed by atoms with van der Waals surface area (Å²) >= 11 is 0. The first-order chi connectivity index (χ1) is 9.20. The molecule has 0 saturated heterocycles. The highest BCUT2D eigenvalue weighted by Gasteiger charge is 2.08. The number of carbonyl (C=O) groups excluding carboxylic acids is 1. The van der Waals surface area contributed by atoms with Gasteiger partial charge in [-0.05, 0) is 18.6 Å². The minimum atomic E-state index is 0.0185. The highest BCUT2D eigenvalue weighted by molar-refractivity contribution is 5.86. The van der Waals surface area contributed by atoms with E-state index in [1.807, 2.05) is 13.0 Å². The molecule has 1 heterocycles. The second-order valence-electron chi connectivity index (χ2n) is 4.24. The van der Waals surface area contributed by atoms with E-state index < -0.39 is 0 Å². The molecule has 4 N–H and O–H groups in total. The Morgan fingerprint density at radius 2 is 2.26 bits per heavy atom. The number of hydrogen-bond acceptors (Lipinski definition) is 5. The van der Waals surface area contributed by atoms with Crippen LogP contribution in [-0.4, -0.2) is 24.0 Å².